The molecule has 3 rings (SSSR count). The first kappa shape index (κ1) is 23.8. The molecule has 2 heterocycles. The zero-order chi connectivity index (χ0) is 22.8. The van der Waals surface area contributed by atoms with Crippen LogP contribution in [0.15, 0.2) is 29.6 Å². The van der Waals surface area contributed by atoms with Gasteiger partial charge < -0.3 is 19.5 Å². The van der Waals surface area contributed by atoms with E-state index in [1.807, 2.05) is 45.2 Å². The summed E-state index contributed by atoms with van der Waals surface area (Å²) >= 11 is 2.73. The molecule has 1 fully saturated rings. The van der Waals surface area contributed by atoms with Crippen molar-refractivity contribution >= 4 is 34.7 Å². The SMILES string of the molecule is Cc1ccc(C(O)(C(=O)O[C@H]2CC[C@H](N(C)C(=O)OC(C)(C)C)CC2)c2cccs2)s1. The Hall–Kier alpha value is -1.90. The Kier molecular flexibility index (Phi) is 7.13. The first-order chi connectivity index (χ1) is 14.5. The molecule has 1 aliphatic carbocycles. The monoisotopic (exact) mass is 465 g/mol. The van der Waals surface area contributed by atoms with E-state index in [2.05, 4.69) is 0 Å². The Morgan fingerprint density at radius 2 is 1.77 bits per heavy atom. The number of hydrogen-bond donors (Lipinski definition) is 1. The molecule has 2 aromatic heterocycles. The molecule has 1 atom stereocenters. The summed E-state index contributed by atoms with van der Waals surface area (Å²) in [5.41, 5.74) is -2.33. The van der Waals surface area contributed by atoms with Crippen molar-refractivity contribution in [3.05, 3.63) is 44.3 Å². The highest BCUT2D eigenvalue weighted by Gasteiger charge is 2.45. The Balaban J connectivity index is 1.64. The maximum atomic E-state index is 13.2. The lowest BCUT2D eigenvalue weighted by Crippen LogP contribution is -2.44. The molecule has 2 aromatic rings. The number of esters is 1. The minimum absolute atomic E-state index is 0.0425. The quantitative estimate of drug-likeness (QED) is 0.624. The molecular formula is C23H31NO5S2. The van der Waals surface area contributed by atoms with E-state index in [1.165, 1.54) is 22.7 Å². The highest BCUT2D eigenvalue weighted by molar-refractivity contribution is 7.13. The zero-order valence-corrected chi connectivity index (χ0v) is 20.3. The Labute approximate surface area is 191 Å². The van der Waals surface area contributed by atoms with Crippen LogP contribution in [0.4, 0.5) is 4.79 Å². The molecule has 0 saturated heterocycles. The molecule has 6 nitrogen and oxygen atoms in total. The number of ether oxygens (including phenoxy) is 2. The van der Waals surface area contributed by atoms with Crippen LogP contribution in [0.25, 0.3) is 0 Å². The summed E-state index contributed by atoms with van der Waals surface area (Å²) in [6.45, 7) is 7.48. The second-order valence-corrected chi connectivity index (χ2v) is 11.3. The molecule has 31 heavy (non-hydrogen) atoms. The van der Waals surface area contributed by atoms with E-state index in [9.17, 15) is 14.7 Å². The maximum Gasteiger partial charge on any atom is 0.410 e. The third-order valence-corrected chi connectivity index (χ3v) is 7.50. The van der Waals surface area contributed by atoms with Crippen molar-refractivity contribution in [2.24, 2.45) is 0 Å². The smallest absolute Gasteiger partial charge is 0.410 e. The minimum atomic E-state index is -1.79. The zero-order valence-electron chi connectivity index (χ0n) is 18.7. The van der Waals surface area contributed by atoms with Crippen LogP contribution in [0.1, 0.15) is 61.1 Å². The molecule has 0 spiro atoms. The van der Waals surface area contributed by atoms with E-state index in [1.54, 1.807) is 24.1 Å². The number of nitrogens with zero attached hydrogens (tertiary/aromatic N) is 1. The van der Waals surface area contributed by atoms with Gasteiger partial charge in [0.05, 0.1) is 9.75 Å². The van der Waals surface area contributed by atoms with Gasteiger partial charge in [-0.1, -0.05) is 6.07 Å². The van der Waals surface area contributed by atoms with Gasteiger partial charge in [0.25, 0.3) is 0 Å². The summed E-state index contributed by atoms with van der Waals surface area (Å²) in [5.74, 6) is -0.638. The van der Waals surface area contributed by atoms with Gasteiger partial charge in [-0.25, -0.2) is 9.59 Å². The lowest BCUT2D eigenvalue weighted by molar-refractivity contribution is -0.169. The largest absolute Gasteiger partial charge is 0.460 e. The number of amides is 1. The summed E-state index contributed by atoms with van der Waals surface area (Å²) < 4.78 is 11.3. The molecule has 0 bridgehead atoms. The fraction of sp³-hybridized carbons (Fsp3) is 0.565. The molecule has 0 aromatic carbocycles. The van der Waals surface area contributed by atoms with Crippen LogP contribution in [0.3, 0.4) is 0 Å². The van der Waals surface area contributed by atoms with Crippen molar-refractivity contribution in [3.8, 4) is 0 Å². The van der Waals surface area contributed by atoms with Gasteiger partial charge in [-0.2, -0.15) is 0 Å². The average Bonchev–Trinajstić information content (AvgIpc) is 3.38. The van der Waals surface area contributed by atoms with Gasteiger partial charge in [0.2, 0.25) is 5.60 Å². The standard InChI is InChI=1S/C23H31NO5S2/c1-15-8-13-19(31-15)23(27,18-7-6-14-30-18)20(25)28-17-11-9-16(10-12-17)24(5)21(26)29-22(2,3)4/h6-8,13-14,16-17,27H,9-12H2,1-5H3/t16-,17-,23?. The van der Waals surface area contributed by atoms with E-state index < -0.39 is 17.2 Å². The van der Waals surface area contributed by atoms with Crippen LogP contribution in [0.2, 0.25) is 0 Å². The topological polar surface area (TPSA) is 76.1 Å². The van der Waals surface area contributed by atoms with E-state index >= 15 is 0 Å². The number of carbonyl (C=O) groups excluding carboxylic acids is 2. The van der Waals surface area contributed by atoms with Gasteiger partial charge in [-0.05, 0) is 77.0 Å². The summed E-state index contributed by atoms with van der Waals surface area (Å²) in [6, 6.07) is 7.29. The molecule has 170 valence electrons. The third-order valence-electron chi connectivity index (χ3n) is 5.42. The lowest BCUT2D eigenvalue weighted by Gasteiger charge is -2.36. The summed E-state index contributed by atoms with van der Waals surface area (Å²) in [5, 5.41) is 13.3. The summed E-state index contributed by atoms with van der Waals surface area (Å²) in [7, 11) is 1.75. The van der Waals surface area contributed by atoms with Crippen LogP contribution in [-0.2, 0) is 19.9 Å². The van der Waals surface area contributed by atoms with Gasteiger partial charge in [0, 0.05) is 18.0 Å². The van der Waals surface area contributed by atoms with Gasteiger partial charge in [0.15, 0.2) is 0 Å². The van der Waals surface area contributed by atoms with Crippen LogP contribution < -0.4 is 0 Å². The highest BCUT2D eigenvalue weighted by atomic mass is 32.1. The van der Waals surface area contributed by atoms with E-state index in [4.69, 9.17) is 9.47 Å². The van der Waals surface area contributed by atoms with Crippen LogP contribution in [-0.4, -0.2) is 46.9 Å². The second-order valence-electron chi connectivity index (χ2n) is 9.03. The van der Waals surface area contributed by atoms with Gasteiger partial charge in [-0.3, -0.25) is 0 Å². The van der Waals surface area contributed by atoms with Crippen molar-refractivity contribution < 1.29 is 24.2 Å². The molecule has 8 heteroatoms. The molecule has 0 radical (unpaired) electrons. The fourth-order valence-corrected chi connectivity index (χ4v) is 5.56. The molecule has 1 unspecified atom stereocenters. The summed E-state index contributed by atoms with van der Waals surface area (Å²) in [6.07, 6.45) is 2.06. The van der Waals surface area contributed by atoms with Crippen molar-refractivity contribution in [2.75, 3.05) is 7.05 Å². The number of hydrogen-bond acceptors (Lipinski definition) is 7. The Morgan fingerprint density at radius 3 is 2.29 bits per heavy atom. The summed E-state index contributed by atoms with van der Waals surface area (Å²) in [4.78, 5) is 29.3. The molecule has 1 amide bonds. The number of aliphatic hydroxyl groups is 1. The van der Waals surface area contributed by atoms with Crippen LogP contribution >= 0.6 is 22.7 Å². The minimum Gasteiger partial charge on any atom is -0.460 e. The second kappa shape index (κ2) is 9.30. The normalized spacial score (nSPS) is 21.2. The molecule has 0 aliphatic heterocycles. The average molecular weight is 466 g/mol. The lowest BCUT2D eigenvalue weighted by atomic mass is 9.91. The van der Waals surface area contributed by atoms with Crippen molar-refractivity contribution in [1.82, 2.24) is 4.90 Å². The number of rotatable bonds is 5. The van der Waals surface area contributed by atoms with E-state index in [0.29, 0.717) is 35.4 Å². The molecular weight excluding hydrogens is 434 g/mol. The highest BCUT2D eigenvalue weighted by Crippen LogP contribution is 2.39. The first-order valence-corrected chi connectivity index (χ1v) is 12.2. The van der Waals surface area contributed by atoms with Crippen molar-refractivity contribution in [1.29, 1.82) is 0 Å². The Bertz CT molecular complexity index is 893. The third kappa shape index (κ3) is 5.48. The number of thiophene rings is 2. The molecule has 1 N–H and O–H groups in total. The van der Waals surface area contributed by atoms with Crippen molar-refractivity contribution in [3.63, 3.8) is 0 Å². The molecule has 1 saturated carbocycles. The van der Waals surface area contributed by atoms with E-state index in [-0.39, 0.29) is 18.2 Å². The predicted molar refractivity (Wildman–Crippen MR) is 123 cm³/mol. The van der Waals surface area contributed by atoms with Crippen LogP contribution in [0, 0.1) is 6.92 Å². The van der Waals surface area contributed by atoms with Gasteiger partial charge >= 0.3 is 12.1 Å². The van der Waals surface area contributed by atoms with Gasteiger partial charge in [-0.15, -0.1) is 22.7 Å². The van der Waals surface area contributed by atoms with Gasteiger partial charge in [0.1, 0.15) is 11.7 Å². The van der Waals surface area contributed by atoms with Crippen LogP contribution in [0.5, 0.6) is 0 Å². The predicted octanol–water partition coefficient (Wildman–Crippen LogP) is 5.08. The number of aryl methyl sites for hydroxylation is 1. The molecule has 1 aliphatic rings. The first-order valence-electron chi connectivity index (χ1n) is 10.5. The van der Waals surface area contributed by atoms with Crippen molar-refractivity contribution in [2.45, 2.75) is 76.7 Å². The number of carbonyl (C=O) groups is 2. The Morgan fingerprint density at radius 1 is 1.10 bits per heavy atom. The maximum absolute atomic E-state index is 13.2. The van der Waals surface area contributed by atoms with E-state index in [0.717, 1.165) is 4.88 Å². The fourth-order valence-electron chi connectivity index (χ4n) is 3.71.